The zero-order valence-electron chi connectivity index (χ0n) is 16.5. The first-order chi connectivity index (χ1) is 14.0. The van der Waals surface area contributed by atoms with Crippen molar-refractivity contribution in [3.63, 3.8) is 0 Å². The molecule has 0 atom stereocenters. The molecule has 0 amide bonds. The summed E-state index contributed by atoms with van der Waals surface area (Å²) in [5.41, 5.74) is 4.36. The minimum absolute atomic E-state index is 0.0616. The van der Waals surface area contributed by atoms with Gasteiger partial charge in [0.05, 0.1) is 17.1 Å². The fourth-order valence-electron chi connectivity index (χ4n) is 3.43. The van der Waals surface area contributed by atoms with Gasteiger partial charge in [-0.1, -0.05) is 46.3 Å². The number of hydrazone groups is 1. The highest BCUT2D eigenvalue weighted by Gasteiger charge is 2.25. The van der Waals surface area contributed by atoms with Gasteiger partial charge in [-0.2, -0.15) is 10.2 Å². The number of benzene rings is 2. The summed E-state index contributed by atoms with van der Waals surface area (Å²) in [6.07, 6.45) is 0. The smallest absolute Gasteiger partial charge is 0.283 e. The van der Waals surface area contributed by atoms with Gasteiger partial charge < -0.3 is 0 Å². The first kappa shape index (κ1) is 19.8. The van der Waals surface area contributed by atoms with E-state index < -0.39 is 0 Å². The topological polar surface area (TPSA) is 45.8 Å². The Balaban J connectivity index is 1.72. The third-order valence-electron chi connectivity index (χ3n) is 5.03. The molecule has 2 aromatic carbocycles. The van der Waals surface area contributed by atoms with Crippen LogP contribution in [0, 0.1) is 6.92 Å². The molecule has 0 N–H and O–H groups in total. The molecule has 1 aromatic heterocycles. The number of anilines is 1. The van der Waals surface area contributed by atoms with E-state index in [0.29, 0.717) is 11.6 Å². The standard InChI is InChI=1S/C21H22BrN5OS/c1-15-20(21(28)27(24(15)2)18-10-5-4-6-11-18)25(3)26-14-29-13-19(23-26)16-8-7-9-17(22)12-16/h4-12H,13-14H2,1-3H3. The highest BCUT2D eigenvalue weighted by molar-refractivity contribution is 9.10. The Morgan fingerprint density at radius 3 is 2.62 bits per heavy atom. The first-order valence-electron chi connectivity index (χ1n) is 9.23. The Bertz CT molecular complexity index is 1120. The zero-order valence-corrected chi connectivity index (χ0v) is 18.9. The number of hydrogen-bond acceptors (Lipinski definition) is 5. The summed E-state index contributed by atoms with van der Waals surface area (Å²) < 4.78 is 4.61. The van der Waals surface area contributed by atoms with E-state index in [1.54, 1.807) is 16.4 Å². The van der Waals surface area contributed by atoms with Crippen molar-refractivity contribution in [2.45, 2.75) is 6.92 Å². The van der Waals surface area contributed by atoms with Gasteiger partial charge in [0.25, 0.3) is 5.56 Å². The van der Waals surface area contributed by atoms with Gasteiger partial charge in [0, 0.05) is 24.3 Å². The molecule has 0 fully saturated rings. The Morgan fingerprint density at radius 2 is 1.90 bits per heavy atom. The van der Waals surface area contributed by atoms with Crippen LogP contribution in [0.2, 0.25) is 0 Å². The molecule has 1 aliphatic rings. The van der Waals surface area contributed by atoms with Gasteiger partial charge in [0.2, 0.25) is 0 Å². The molecule has 6 nitrogen and oxygen atoms in total. The van der Waals surface area contributed by atoms with E-state index in [4.69, 9.17) is 5.10 Å². The number of halogens is 1. The third-order valence-corrected chi connectivity index (χ3v) is 6.42. The van der Waals surface area contributed by atoms with Crippen LogP contribution in [-0.2, 0) is 7.05 Å². The summed E-state index contributed by atoms with van der Waals surface area (Å²) in [4.78, 5) is 13.3. The van der Waals surface area contributed by atoms with E-state index in [2.05, 4.69) is 28.1 Å². The predicted molar refractivity (Wildman–Crippen MR) is 124 cm³/mol. The zero-order chi connectivity index (χ0) is 20.5. The average molecular weight is 472 g/mol. The lowest BCUT2D eigenvalue weighted by Gasteiger charge is -2.33. The molecule has 2 heterocycles. The van der Waals surface area contributed by atoms with Gasteiger partial charge in [0.15, 0.2) is 0 Å². The molecule has 0 unspecified atom stereocenters. The second-order valence-electron chi connectivity index (χ2n) is 6.84. The molecule has 29 heavy (non-hydrogen) atoms. The van der Waals surface area contributed by atoms with Crippen LogP contribution in [-0.4, -0.2) is 38.9 Å². The number of thioether (sulfide) groups is 1. The molecule has 4 rings (SSSR count). The summed E-state index contributed by atoms with van der Waals surface area (Å²) in [7, 11) is 3.80. The molecular weight excluding hydrogens is 450 g/mol. The molecule has 0 radical (unpaired) electrons. The second-order valence-corrected chi connectivity index (χ2v) is 8.71. The number of hydrazine groups is 1. The molecule has 3 aromatic rings. The maximum Gasteiger partial charge on any atom is 0.297 e. The summed E-state index contributed by atoms with van der Waals surface area (Å²) in [5.74, 6) is 1.52. The number of hydrogen-bond donors (Lipinski definition) is 0. The van der Waals surface area contributed by atoms with Crippen molar-refractivity contribution in [3.05, 3.63) is 80.7 Å². The predicted octanol–water partition coefficient (Wildman–Crippen LogP) is 4.01. The van der Waals surface area contributed by atoms with Crippen LogP contribution in [0.1, 0.15) is 11.3 Å². The van der Waals surface area contributed by atoms with Gasteiger partial charge in [-0.15, -0.1) is 11.8 Å². The van der Waals surface area contributed by atoms with Crippen molar-refractivity contribution >= 4 is 39.1 Å². The molecule has 0 saturated carbocycles. The molecule has 0 saturated heterocycles. The maximum atomic E-state index is 13.3. The number of nitrogens with zero attached hydrogens (tertiary/aromatic N) is 5. The summed E-state index contributed by atoms with van der Waals surface area (Å²) in [6.45, 7) is 1.96. The molecule has 8 heteroatoms. The summed E-state index contributed by atoms with van der Waals surface area (Å²) >= 11 is 5.31. The van der Waals surface area contributed by atoms with E-state index in [1.165, 1.54) is 0 Å². The van der Waals surface area contributed by atoms with Crippen molar-refractivity contribution in [1.29, 1.82) is 0 Å². The third kappa shape index (κ3) is 3.74. The van der Waals surface area contributed by atoms with Crippen molar-refractivity contribution < 1.29 is 0 Å². The maximum absolute atomic E-state index is 13.3. The highest BCUT2D eigenvalue weighted by atomic mass is 79.9. The second kappa shape index (κ2) is 8.12. The van der Waals surface area contributed by atoms with E-state index in [1.807, 2.05) is 78.3 Å². The number of aromatic nitrogens is 2. The van der Waals surface area contributed by atoms with Gasteiger partial charge >= 0.3 is 0 Å². The quantitative estimate of drug-likeness (QED) is 0.576. The molecular formula is C21H22BrN5OS. The van der Waals surface area contributed by atoms with Crippen LogP contribution in [0.3, 0.4) is 0 Å². The lowest BCUT2D eigenvalue weighted by atomic mass is 10.1. The highest BCUT2D eigenvalue weighted by Crippen LogP contribution is 2.24. The lowest BCUT2D eigenvalue weighted by Crippen LogP contribution is -2.41. The van der Waals surface area contributed by atoms with Crippen LogP contribution < -0.4 is 10.6 Å². The van der Waals surface area contributed by atoms with Gasteiger partial charge in [-0.3, -0.25) is 14.5 Å². The van der Waals surface area contributed by atoms with Crippen LogP contribution in [0.25, 0.3) is 5.69 Å². The Hall–Kier alpha value is -2.45. The molecule has 0 aliphatic carbocycles. The largest absolute Gasteiger partial charge is 0.297 e. The van der Waals surface area contributed by atoms with E-state index >= 15 is 0 Å². The Morgan fingerprint density at radius 1 is 1.14 bits per heavy atom. The Kier molecular flexibility index (Phi) is 5.56. The normalized spacial score (nSPS) is 14.1. The van der Waals surface area contributed by atoms with Gasteiger partial charge in [-0.25, -0.2) is 4.68 Å². The van der Waals surface area contributed by atoms with Crippen LogP contribution in [0.5, 0.6) is 0 Å². The molecule has 0 bridgehead atoms. The van der Waals surface area contributed by atoms with E-state index in [0.717, 1.165) is 32.9 Å². The van der Waals surface area contributed by atoms with Gasteiger partial charge in [-0.05, 0) is 36.8 Å². The van der Waals surface area contributed by atoms with Crippen LogP contribution in [0.15, 0.2) is 69.0 Å². The number of rotatable bonds is 4. The van der Waals surface area contributed by atoms with E-state index in [9.17, 15) is 4.79 Å². The van der Waals surface area contributed by atoms with Crippen molar-refractivity contribution in [1.82, 2.24) is 14.5 Å². The SMILES string of the molecule is Cc1c(N(C)N2CSCC(c3cccc(Br)c3)=N2)c(=O)n(-c2ccccc2)n1C. The lowest BCUT2D eigenvalue weighted by molar-refractivity contribution is 0.325. The minimum atomic E-state index is -0.0616. The first-order valence-corrected chi connectivity index (χ1v) is 11.2. The molecule has 150 valence electrons. The fraction of sp³-hybridized carbons (Fsp3) is 0.238. The average Bonchev–Trinajstić information content (AvgIpc) is 2.96. The van der Waals surface area contributed by atoms with Crippen molar-refractivity contribution in [2.75, 3.05) is 23.7 Å². The minimum Gasteiger partial charge on any atom is -0.283 e. The monoisotopic (exact) mass is 471 g/mol. The molecule has 1 aliphatic heterocycles. The van der Waals surface area contributed by atoms with E-state index in [-0.39, 0.29) is 5.56 Å². The molecule has 0 spiro atoms. The summed E-state index contributed by atoms with van der Waals surface area (Å²) in [6, 6.07) is 17.8. The van der Waals surface area contributed by atoms with Crippen molar-refractivity contribution in [2.24, 2.45) is 12.1 Å². The fourth-order valence-corrected chi connectivity index (χ4v) is 4.73. The Labute approximate surface area is 182 Å². The van der Waals surface area contributed by atoms with Crippen LogP contribution in [0.4, 0.5) is 5.69 Å². The van der Waals surface area contributed by atoms with Crippen LogP contribution >= 0.6 is 27.7 Å². The van der Waals surface area contributed by atoms with Crippen molar-refractivity contribution in [3.8, 4) is 5.69 Å². The number of para-hydroxylation sites is 1. The van der Waals surface area contributed by atoms with Gasteiger partial charge in [0.1, 0.15) is 11.6 Å². The summed E-state index contributed by atoms with van der Waals surface area (Å²) in [5, 5.41) is 8.57.